The third-order valence-electron chi connectivity index (χ3n) is 3.73. The topological polar surface area (TPSA) is 75.4 Å². The smallest absolute Gasteiger partial charge is 0.277 e. The van der Waals surface area contributed by atoms with Crippen LogP contribution in [0, 0.1) is 5.92 Å². The van der Waals surface area contributed by atoms with E-state index in [0.717, 1.165) is 12.8 Å². The van der Waals surface area contributed by atoms with Crippen molar-refractivity contribution in [2.75, 3.05) is 19.6 Å². The summed E-state index contributed by atoms with van der Waals surface area (Å²) < 4.78 is 25.9. The Balaban J connectivity index is 2.54. The molecule has 3 N–H and O–H groups in total. The number of halogens is 2. The zero-order chi connectivity index (χ0) is 15.3. The number of amides is 2. The van der Waals surface area contributed by atoms with Crippen LogP contribution in [0.1, 0.15) is 33.1 Å². The molecule has 1 heterocycles. The fourth-order valence-electron chi connectivity index (χ4n) is 2.42. The van der Waals surface area contributed by atoms with Gasteiger partial charge in [0, 0.05) is 19.0 Å². The summed E-state index contributed by atoms with van der Waals surface area (Å²) in [7, 11) is 0. The maximum absolute atomic E-state index is 13.0. The van der Waals surface area contributed by atoms with Crippen LogP contribution < -0.4 is 11.1 Å². The van der Waals surface area contributed by atoms with E-state index in [9.17, 15) is 18.4 Å². The van der Waals surface area contributed by atoms with E-state index in [1.54, 1.807) is 4.90 Å². The number of rotatable bonds is 7. The third-order valence-corrected chi connectivity index (χ3v) is 3.73. The second-order valence-corrected chi connectivity index (χ2v) is 5.20. The van der Waals surface area contributed by atoms with E-state index in [1.807, 2.05) is 13.8 Å². The number of nitrogens with zero attached hydrogens (tertiary/aromatic N) is 1. The summed E-state index contributed by atoms with van der Waals surface area (Å²) in [5.41, 5.74) is 4.90. The number of alkyl halides is 2. The minimum atomic E-state index is -3.10. The van der Waals surface area contributed by atoms with Gasteiger partial charge in [-0.05, 0) is 12.8 Å². The first kappa shape index (κ1) is 16.8. The van der Waals surface area contributed by atoms with Gasteiger partial charge in [-0.2, -0.15) is 0 Å². The Hall–Kier alpha value is -1.24. The number of nitrogens with two attached hydrogens (primary N) is 1. The fraction of sp³-hybridized carbons (Fsp3) is 0.846. The van der Waals surface area contributed by atoms with E-state index in [1.165, 1.54) is 0 Å². The molecule has 0 radical (unpaired) electrons. The van der Waals surface area contributed by atoms with Crippen molar-refractivity contribution in [3.05, 3.63) is 0 Å². The van der Waals surface area contributed by atoms with Crippen molar-refractivity contribution in [3.8, 4) is 0 Å². The SMILES string of the molecule is CCC(CC)N1CC(C(=O)NCC(F)(F)CN)CC1=O. The van der Waals surface area contributed by atoms with Gasteiger partial charge in [-0.25, -0.2) is 8.78 Å². The van der Waals surface area contributed by atoms with E-state index >= 15 is 0 Å². The molecule has 1 atom stereocenters. The summed E-state index contributed by atoms with van der Waals surface area (Å²) in [6, 6.07) is 0.116. The molecule has 0 saturated carbocycles. The molecule has 0 aromatic heterocycles. The molecule has 2 amide bonds. The molecule has 0 aromatic rings. The highest BCUT2D eigenvalue weighted by Gasteiger charge is 2.37. The molecular weight excluding hydrogens is 268 g/mol. The molecular formula is C13H23F2N3O2. The van der Waals surface area contributed by atoms with Gasteiger partial charge in [-0.3, -0.25) is 9.59 Å². The van der Waals surface area contributed by atoms with Gasteiger partial charge in [0.15, 0.2) is 0 Å². The summed E-state index contributed by atoms with van der Waals surface area (Å²) in [6.07, 6.45) is 1.74. The zero-order valence-electron chi connectivity index (χ0n) is 12.0. The van der Waals surface area contributed by atoms with Crippen molar-refractivity contribution in [2.24, 2.45) is 11.7 Å². The molecule has 0 bridgehead atoms. The van der Waals surface area contributed by atoms with E-state index in [2.05, 4.69) is 5.32 Å². The summed E-state index contributed by atoms with van der Waals surface area (Å²) >= 11 is 0. The van der Waals surface area contributed by atoms with Crippen molar-refractivity contribution in [3.63, 3.8) is 0 Å². The molecule has 5 nitrogen and oxygen atoms in total. The highest BCUT2D eigenvalue weighted by molar-refractivity contribution is 5.89. The van der Waals surface area contributed by atoms with Crippen LogP contribution in [0.15, 0.2) is 0 Å². The Morgan fingerprint density at radius 2 is 2.10 bits per heavy atom. The summed E-state index contributed by atoms with van der Waals surface area (Å²) in [5, 5.41) is 2.18. The lowest BCUT2D eigenvalue weighted by Crippen LogP contribution is -2.44. The predicted molar refractivity (Wildman–Crippen MR) is 71.2 cm³/mol. The van der Waals surface area contributed by atoms with E-state index in [-0.39, 0.29) is 18.4 Å². The van der Waals surface area contributed by atoms with Crippen LogP contribution in [0.25, 0.3) is 0 Å². The average molecular weight is 291 g/mol. The standard InChI is InChI=1S/C13H23F2N3O2/c1-3-10(4-2)18-6-9(5-11(18)19)12(20)17-8-13(14,15)7-16/h9-10H,3-8,16H2,1-2H3,(H,17,20). The number of hydrogen-bond acceptors (Lipinski definition) is 3. The van der Waals surface area contributed by atoms with Crippen molar-refractivity contribution >= 4 is 11.8 Å². The van der Waals surface area contributed by atoms with Gasteiger partial charge < -0.3 is 16.0 Å². The van der Waals surface area contributed by atoms with Gasteiger partial charge in [-0.15, -0.1) is 0 Å². The Kier molecular flexibility index (Phi) is 5.86. The Labute approximate surface area is 117 Å². The van der Waals surface area contributed by atoms with Crippen LogP contribution in [0.5, 0.6) is 0 Å². The fourth-order valence-corrected chi connectivity index (χ4v) is 2.42. The summed E-state index contributed by atoms with van der Waals surface area (Å²) in [5.74, 6) is -4.23. The van der Waals surface area contributed by atoms with Gasteiger partial charge in [0.25, 0.3) is 5.92 Å². The van der Waals surface area contributed by atoms with Crippen molar-refractivity contribution in [1.82, 2.24) is 10.2 Å². The van der Waals surface area contributed by atoms with E-state index < -0.39 is 30.8 Å². The maximum atomic E-state index is 13.0. The van der Waals surface area contributed by atoms with Gasteiger partial charge in [0.1, 0.15) is 0 Å². The highest BCUT2D eigenvalue weighted by Crippen LogP contribution is 2.23. The molecule has 116 valence electrons. The second-order valence-electron chi connectivity index (χ2n) is 5.20. The van der Waals surface area contributed by atoms with E-state index in [0.29, 0.717) is 6.54 Å². The van der Waals surface area contributed by atoms with Crippen LogP contribution in [-0.4, -0.2) is 48.3 Å². The molecule has 1 fully saturated rings. The zero-order valence-corrected chi connectivity index (χ0v) is 12.0. The number of nitrogens with one attached hydrogen (secondary N) is 1. The Bertz CT molecular complexity index is 360. The number of carbonyl (C=O) groups is 2. The molecule has 0 aliphatic carbocycles. The number of likely N-dealkylation sites (tertiary alicyclic amines) is 1. The predicted octanol–water partition coefficient (Wildman–Crippen LogP) is 0.734. The third kappa shape index (κ3) is 4.13. The lowest BCUT2D eigenvalue weighted by Gasteiger charge is -2.26. The summed E-state index contributed by atoms with van der Waals surface area (Å²) in [6.45, 7) is 2.69. The molecule has 0 spiro atoms. The van der Waals surface area contributed by atoms with Crippen LogP contribution in [0.4, 0.5) is 8.78 Å². The first-order valence-corrected chi connectivity index (χ1v) is 6.99. The molecule has 20 heavy (non-hydrogen) atoms. The molecule has 1 rings (SSSR count). The molecule has 1 unspecified atom stereocenters. The average Bonchev–Trinajstić information content (AvgIpc) is 2.80. The van der Waals surface area contributed by atoms with Gasteiger partial charge in [0.2, 0.25) is 11.8 Å². The molecule has 1 saturated heterocycles. The summed E-state index contributed by atoms with van der Waals surface area (Å²) in [4.78, 5) is 25.4. The van der Waals surface area contributed by atoms with Crippen molar-refractivity contribution < 1.29 is 18.4 Å². The van der Waals surface area contributed by atoms with Gasteiger partial charge in [-0.1, -0.05) is 13.8 Å². The Morgan fingerprint density at radius 1 is 1.50 bits per heavy atom. The first-order valence-electron chi connectivity index (χ1n) is 6.99. The quantitative estimate of drug-likeness (QED) is 0.726. The van der Waals surface area contributed by atoms with Crippen LogP contribution in [0.2, 0.25) is 0 Å². The maximum Gasteiger partial charge on any atom is 0.277 e. The number of carbonyl (C=O) groups excluding carboxylic acids is 2. The monoisotopic (exact) mass is 291 g/mol. The van der Waals surface area contributed by atoms with Gasteiger partial charge in [0.05, 0.1) is 19.0 Å². The molecule has 7 heteroatoms. The van der Waals surface area contributed by atoms with Crippen LogP contribution in [0.3, 0.4) is 0 Å². The normalized spacial score (nSPS) is 19.8. The van der Waals surface area contributed by atoms with Crippen molar-refractivity contribution in [2.45, 2.75) is 45.1 Å². The van der Waals surface area contributed by atoms with E-state index in [4.69, 9.17) is 5.73 Å². The van der Waals surface area contributed by atoms with Gasteiger partial charge >= 0.3 is 0 Å². The lowest BCUT2D eigenvalue weighted by atomic mass is 10.1. The largest absolute Gasteiger partial charge is 0.350 e. The highest BCUT2D eigenvalue weighted by atomic mass is 19.3. The molecule has 1 aliphatic rings. The molecule has 1 aliphatic heterocycles. The van der Waals surface area contributed by atoms with Crippen LogP contribution >= 0.6 is 0 Å². The lowest BCUT2D eigenvalue weighted by molar-refractivity contribution is -0.130. The van der Waals surface area contributed by atoms with Crippen LogP contribution in [-0.2, 0) is 9.59 Å². The minimum absolute atomic E-state index is 0.0792. The van der Waals surface area contributed by atoms with Crippen molar-refractivity contribution in [1.29, 1.82) is 0 Å². The second kappa shape index (κ2) is 6.97. The Morgan fingerprint density at radius 3 is 2.60 bits per heavy atom. The first-order chi connectivity index (χ1) is 9.34. The minimum Gasteiger partial charge on any atom is -0.350 e. The molecule has 0 aromatic carbocycles. The number of hydrogen-bond donors (Lipinski definition) is 2.